The lowest BCUT2D eigenvalue weighted by Crippen LogP contribution is -2.08. The molecule has 0 radical (unpaired) electrons. The molecule has 1 aromatic heterocycles. The number of para-hydroxylation sites is 1. The third kappa shape index (κ3) is 2.38. The van der Waals surface area contributed by atoms with Crippen LogP contribution in [0.15, 0.2) is 18.2 Å². The van der Waals surface area contributed by atoms with Crippen LogP contribution in [-0.4, -0.2) is 19.7 Å². The highest BCUT2D eigenvalue weighted by atomic mass is 35.5. The summed E-state index contributed by atoms with van der Waals surface area (Å²) in [5.41, 5.74) is 1.12. The molecule has 0 aliphatic rings. The Labute approximate surface area is 121 Å². The van der Waals surface area contributed by atoms with Gasteiger partial charge in [0, 0.05) is 11.6 Å². The first-order valence-electron chi connectivity index (χ1n) is 6.21. The van der Waals surface area contributed by atoms with Crippen molar-refractivity contribution in [2.24, 2.45) is 0 Å². The molecule has 0 amide bonds. The lowest BCUT2D eigenvalue weighted by atomic mass is 10.1. The fourth-order valence-corrected chi connectivity index (χ4v) is 2.41. The van der Waals surface area contributed by atoms with Gasteiger partial charge in [0.15, 0.2) is 5.82 Å². The summed E-state index contributed by atoms with van der Waals surface area (Å²) in [5, 5.41) is 19.4. The van der Waals surface area contributed by atoms with E-state index in [9.17, 15) is 10.1 Å². The van der Waals surface area contributed by atoms with Crippen LogP contribution in [-0.2, 0) is 5.88 Å². The number of alkyl halides is 1. The van der Waals surface area contributed by atoms with Crippen molar-refractivity contribution < 1.29 is 4.92 Å². The van der Waals surface area contributed by atoms with Crippen molar-refractivity contribution >= 4 is 17.3 Å². The molecular formula is C13H15ClN4O2. The van der Waals surface area contributed by atoms with E-state index in [0.717, 1.165) is 0 Å². The number of hydrogen-bond acceptors (Lipinski definition) is 4. The van der Waals surface area contributed by atoms with E-state index >= 15 is 0 Å². The number of nitrogens with zero attached hydrogens (tertiary/aromatic N) is 4. The minimum Gasteiger partial charge on any atom is -0.307 e. The minimum atomic E-state index is -0.385. The van der Waals surface area contributed by atoms with Gasteiger partial charge in [0.2, 0.25) is 0 Å². The predicted octanol–water partition coefficient (Wildman–Crippen LogP) is 3.48. The summed E-state index contributed by atoms with van der Waals surface area (Å²) in [6.07, 6.45) is 0. The summed E-state index contributed by atoms with van der Waals surface area (Å²) in [5.74, 6) is 1.30. The molecule has 0 fully saturated rings. The van der Waals surface area contributed by atoms with Gasteiger partial charge < -0.3 is 4.57 Å². The van der Waals surface area contributed by atoms with Gasteiger partial charge in [-0.1, -0.05) is 12.1 Å². The fourth-order valence-electron chi connectivity index (χ4n) is 2.22. The van der Waals surface area contributed by atoms with Crippen LogP contribution in [0.3, 0.4) is 0 Å². The molecule has 1 heterocycles. The fraction of sp³-hybridized carbons (Fsp3) is 0.385. The van der Waals surface area contributed by atoms with Gasteiger partial charge in [-0.25, -0.2) is 0 Å². The van der Waals surface area contributed by atoms with Crippen LogP contribution in [0.2, 0.25) is 0 Å². The zero-order chi connectivity index (χ0) is 14.9. The van der Waals surface area contributed by atoms with Crippen LogP contribution in [0.1, 0.15) is 31.3 Å². The Morgan fingerprint density at radius 1 is 1.40 bits per heavy atom. The van der Waals surface area contributed by atoms with Gasteiger partial charge in [-0.15, -0.1) is 21.8 Å². The number of hydrogen-bond donors (Lipinski definition) is 0. The molecule has 20 heavy (non-hydrogen) atoms. The Morgan fingerprint density at radius 3 is 2.65 bits per heavy atom. The zero-order valence-corrected chi connectivity index (χ0v) is 12.3. The molecule has 0 bridgehead atoms. The van der Waals surface area contributed by atoms with Crippen LogP contribution in [0, 0.1) is 17.0 Å². The molecule has 0 aliphatic carbocycles. The molecule has 7 heteroatoms. The first kappa shape index (κ1) is 14.5. The monoisotopic (exact) mass is 294 g/mol. The molecule has 0 atom stereocenters. The first-order chi connectivity index (χ1) is 9.47. The van der Waals surface area contributed by atoms with Crippen molar-refractivity contribution in [3.05, 3.63) is 39.7 Å². The van der Waals surface area contributed by atoms with Crippen molar-refractivity contribution in [1.82, 2.24) is 14.8 Å². The summed E-state index contributed by atoms with van der Waals surface area (Å²) in [4.78, 5) is 10.9. The van der Waals surface area contributed by atoms with E-state index in [1.54, 1.807) is 25.1 Å². The Hall–Kier alpha value is -1.95. The second-order valence-corrected chi connectivity index (χ2v) is 5.03. The summed E-state index contributed by atoms with van der Waals surface area (Å²) in [6.45, 7) is 5.63. The normalized spacial score (nSPS) is 11.1. The van der Waals surface area contributed by atoms with Gasteiger partial charge in [0.25, 0.3) is 5.69 Å². The number of aromatic nitrogens is 3. The van der Waals surface area contributed by atoms with Gasteiger partial charge >= 0.3 is 0 Å². The van der Waals surface area contributed by atoms with E-state index < -0.39 is 0 Å². The number of aryl methyl sites for hydroxylation is 1. The third-order valence-electron chi connectivity index (χ3n) is 3.06. The third-order valence-corrected chi connectivity index (χ3v) is 3.30. The Kier molecular flexibility index (Phi) is 4.04. The van der Waals surface area contributed by atoms with Crippen LogP contribution in [0.4, 0.5) is 5.69 Å². The molecule has 6 nitrogen and oxygen atoms in total. The molecule has 0 unspecified atom stereocenters. The van der Waals surface area contributed by atoms with Gasteiger partial charge in [-0.2, -0.15) is 0 Å². The Balaban J connectivity index is 2.72. The molecule has 106 valence electrons. The highest BCUT2D eigenvalue weighted by Crippen LogP contribution is 2.33. The summed E-state index contributed by atoms with van der Waals surface area (Å²) >= 11 is 5.85. The average Bonchev–Trinajstić information content (AvgIpc) is 2.81. The van der Waals surface area contributed by atoms with Gasteiger partial charge in [0.05, 0.1) is 16.4 Å². The Morgan fingerprint density at radius 2 is 2.10 bits per heavy atom. The SMILES string of the molecule is Cc1cccc(-c2nnc(CCl)n2C(C)C)c1[N+](=O)[O-]. The van der Waals surface area contributed by atoms with Crippen molar-refractivity contribution in [3.8, 4) is 11.4 Å². The molecule has 0 spiro atoms. The number of halogens is 1. The molecule has 1 aromatic carbocycles. The average molecular weight is 295 g/mol. The van der Waals surface area contributed by atoms with E-state index in [1.165, 1.54) is 0 Å². The van der Waals surface area contributed by atoms with E-state index in [0.29, 0.717) is 22.8 Å². The molecular weight excluding hydrogens is 280 g/mol. The predicted molar refractivity (Wildman–Crippen MR) is 76.8 cm³/mol. The lowest BCUT2D eigenvalue weighted by Gasteiger charge is -2.13. The number of benzene rings is 1. The van der Waals surface area contributed by atoms with E-state index in [1.807, 2.05) is 18.4 Å². The molecule has 0 aliphatic heterocycles. The van der Waals surface area contributed by atoms with Gasteiger partial charge in [0.1, 0.15) is 5.82 Å². The highest BCUT2D eigenvalue weighted by molar-refractivity contribution is 6.16. The van der Waals surface area contributed by atoms with Gasteiger partial charge in [-0.3, -0.25) is 10.1 Å². The zero-order valence-electron chi connectivity index (χ0n) is 11.5. The molecule has 0 saturated heterocycles. The molecule has 2 rings (SSSR count). The molecule has 2 aromatic rings. The summed E-state index contributed by atoms with van der Waals surface area (Å²) in [7, 11) is 0. The van der Waals surface area contributed by atoms with Crippen molar-refractivity contribution in [2.45, 2.75) is 32.7 Å². The maximum absolute atomic E-state index is 11.3. The van der Waals surface area contributed by atoms with Crippen LogP contribution >= 0.6 is 11.6 Å². The maximum atomic E-state index is 11.3. The smallest absolute Gasteiger partial charge is 0.283 e. The molecule has 0 N–H and O–H groups in total. The van der Waals surface area contributed by atoms with E-state index in [4.69, 9.17) is 11.6 Å². The summed E-state index contributed by atoms with van der Waals surface area (Å²) < 4.78 is 1.83. The van der Waals surface area contributed by atoms with Crippen molar-refractivity contribution in [2.75, 3.05) is 0 Å². The number of nitro benzene ring substituents is 1. The van der Waals surface area contributed by atoms with Crippen molar-refractivity contribution in [1.29, 1.82) is 0 Å². The topological polar surface area (TPSA) is 73.8 Å². The number of rotatable bonds is 4. The maximum Gasteiger partial charge on any atom is 0.283 e. The second kappa shape index (κ2) is 5.58. The van der Waals surface area contributed by atoms with E-state index in [2.05, 4.69) is 10.2 Å². The van der Waals surface area contributed by atoms with Crippen LogP contribution in [0.5, 0.6) is 0 Å². The quantitative estimate of drug-likeness (QED) is 0.491. The minimum absolute atomic E-state index is 0.0583. The van der Waals surface area contributed by atoms with Crippen LogP contribution in [0.25, 0.3) is 11.4 Å². The lowest BCUT2D eigenvalue weighted by molar-refractivity contribution is -0.384. The van der Waals surface area contributed by atoms with Gasteiger partial charge in [-0.05, 0) is 26.8 Å². The molecule has 0 saturated carbocycles. The van der Waals surface area contributed by atoms with E-state index in [-0.39, 0.29) is 22.5 Å². The van der Waals surface area contributed by atoms with Crippen LogP contribution < -0.4 is 0 Å². The second-order valence-electron chi connectivity index (χ2n) is 4.77. The highest BCUT2D eigenvalue weighted by Gasteiger charge is 2.24. The standard InChI is InChI=1S/C13H15ClN4O2/c1-8(2)17-11(7-14)15-16-13(17)10-6-4-5-9(3)12(10)18(19)20/h4-6,8H,7H2,1-3H3. The largest absolute Gasteiger partial charge is 0.307 e. The van der Waals surface area contributed by atoms with Crippen molar-refractivity contribution in [3.63, 3.8) is 0 Å². The summed E-state index contributed by atoms with van der Waals surface area (Å²) in [6, 6.07) is 5.23. The Bertz CT molecular complexity index is 652. The number of nitro groups is 1. The first-order valence-corrected chi connectivity index (χ1v) is 6.75.